The Morgan fingerprint density at radius 2 is 0.494 bits per heavy atom. The van der Waals surface area contributed by atoms with E-state index in [0.29, 0.717) is 19.3 Å². The molecular weight excluding hydrogens is 973 g/mol. The highest BCUT2D eigenvalue weighted by Gasteiger charge is 2.19. The smallest absolute Gasteiger partial charge is 0.306 e. The van der Waals surface area contributed by atoms with Crippen LogP contribution in [0.25, 0.3) is 0 Å². The van der Waals surface area contributed by atoms with E-state index in [4.69, 9.17) is 14.2 Å². The molecule has 0 aliphatic carbocycles. The first kappa shape index (κ1) is 75.1. The van der Waals surface area contributed by atoms with Crippen LogP contribution in [0.3, 0.4) is 0 Å². The second kappa shape index (κ2) is 66.6. The minimum absolute atomic E-state index is 0.0858. The Balaban J connectivity index is 4.32. The van der Waals surface area contributed by atoms with Crippen molar-refractivity contribution in [3.8, 4) is 0 Å². The fourth-order valence-electron chi connectivity index (χ4n) is 9.24. The van der Waals surface area contributed by atoms with Gasteiger partial charge < -0.3 is 14.2 Å². The number of esters is 3. The average Bonchev–Trinajstić information content (AvgIpc) is 3.45. The predicted octanol–water partition coefficient (Wildman–Crippen LogP) is 23.0. The van der Waals surface area contributed by atoms with E-state index in [9.17, 15) is 14.4 Å². The molecule has 79 heavy (non-hydrogen) atoms. The van der Waals surface area contributed by atoms with Crippen molar-refractivity contribution in [1.82, 2.24) is 0 Å². The van der Waals surface area contributed by atoms with E-state index in [1.807, 2.05) is 0 Å². The van der Waals surface area contributed by atoms with Crippen molar-refractivity contribution in [2.75, 3.05) is 13.2 Å². The van der Waals surface area contributed by atoms with Crippen LogP contribution < -0.4 is 0 Å². The fourth-order valence-corrected chi connectivity index (χ4v) is 9.24. The highest BCUT2D eigenvalue weighted by molar-refractivity contribution is 5.71. The van der Waals surface area contributed by atoms with Crippen molar-refractivity contribution in [2.24, 2.45) is 0 Å². The van der Waals surface area contributed by atoms with Gasteiger partial charge in [0.15, 0.2) is 6.10 Å². The standard InChI is InChI=1S/C73H124O6/c1-4-7-10-13-16-19-22-25-28-30-32-33-34-35-36-37-38-39-40-41-42-44-45-48-51-54-57-60-63-66-72(75)78-69-70(68-77-71(74)65-62-59-56-53-50-47-27-24-21-18-15-12-9-6-3)79-73(76)67-64-61-58-55-52-49-46-43-31-29-26-23-20-17-14-11-8-5-2/h7,10,16,19-20,23-25,27-29,31-33,35-36,38-39,70H,4-6,8-9,11-15,17-18,21-22,26,30,34,37,40-69H2,1-3H3/b10-7-,19-16-,23-20-,27-24-,28-25-,31-29-,33-32-,36-35-,39-38-. The molecule has 0 bridgehead atoms. The first-order chi connectivity index (χ1) is 39.0. The van der Waals surface area contributed by atoms with Crippen molar-refractivity contribution < 1.29 is 28.6 Å². The molecule has 0 aromatic rings. The van der Waals surface area contributed by atoms with Crippen LogP contribution >= 0.6 is 0 Å². The molecule has 1 atom stereocenters. The summed E-state index contributed by atoms with van der Waals surface area (Å²) in [5, 5.41) is 0. The molecule has 452 valence electrons. The van der Waals surface area contributed by atoms with Gasteiger partial charge in [-0.2, -0.15) is 0 Å². The van der Waals surface area contributed by atoms with Crippen LogP contribution in [-0.4, -0.2) is 37.2 Å². The highest BCUT2D eigenvalue weighted by Crippen LogP contribution is 2.16. The average molecular weight is 1100 g/mol. The lowest BCUT2D eigenvalue weighted by Gasteiger charge is -2.18. The van der Waals surface area contributed by atoms with Crippen molar-refractivity contribution >= 4 is 17.9 Å². The molecule has 6 heteroatoms. The minimum atomic E-state index is -0.790. The van der Waals surface area contributed by atoms with Crippen LogP contribution in [0.4, 0.5) is 0 Å². The molecule has 1 unspecified atom stereocenters. The summed E-state index contributed by atoms with van der Waals surface area (Å²) in [6, 6.07) is 0. The molecule has 0 heterocycles. The normalized spacial score (nSPS) is 12.8. The molecule has 0 rings (SSSR count). The van der Waals surface area contributed by atoms with Crippen LogP contribution in [0.1, 0.15) is 316 Å². The maximum atomic E-state index is 12.9. The maximum Gasteiger partial charge on any atom is 0.306 e. The van der Waals surface area contributed by atoms with Crippen LogP contribution in [-0.2, 0) is 28.6 Å². The summed E-state index contributed by atoms with van der Waals surface area (Å²) in [6.45, 7) is 6.51. The van der Waals surface area contributed by atoms with Gasteiger partial charge in [0.25, 0.3) is 0 Å². The van der Waals surface area contributed by atoms with E-state index in [0.717, 1.165) is 116 Å². The molecule has 0 aromatic heterocycles. The van der Waals surface area contributed by atoms with E-state index >= 15 is 0 Å². The summed E-state index contributed by atoms with van der Waals surface area (Å²) >= 11 is 0. The van der Waals surface area contributed by atoms with Crippen molar-refractivity contribution in [3.05, 3.63) is 109 Å². The Kier molecular flexibility index (Phi) is 63.3. The van der Waals surface area contributed by atoms with E-state index in [-0.39, 0.29) is 31.1 Å². The predicted molar refractivity (Wildman–Crippen MR) is 343 cm³/mol. The summed E-state index contributed by atoms with van der Waals surface area (Å²) in [5.74, 6) is -0.897. The van der Waals surface area contributed by atoms with Crippen molar-refractivity contribution in [3.63, 3.8) is 0 Å². The van der Waals surface area contributed by atoms with E-state index in [1.165, 1.54) is 161 Å². The molecule has 0 N–H and O–H groups in total. The zero-order valence-electron chi connectivity index (χ0n) is 51.9. The van der Waals surface area contributed by atoms with Crippen LogP contribution in [0, 0.1) is 0 Å². The zero-order valence-corrected chi connectivity index (χ0v) is 51.9. The highest BCUT2D eigenvalue weighted by atomic mass is 16.6. The van der Waals surface area contributed by atoms with Gasteiger partial charge in [-0.25, -0.2) is 0 Å². The van der Waals surface area contributed by atoms with Crippen molar-refractivity contribution in [2.45, 2.75) is 322 Å². The molecule has 0 spiro atoms. The topological polar surface area (TPSA) is 78.9 Å². The number of carbonyl (C=O) groups excluding carboxylic acids is 3. The second-order valence-corrected chi connectivity index (χ2v) is 22.0. The van der Waals surface area contributed by atoms with Gasteiger partial charge >= 0.3 is 17.9 Å². The first-order valence-corrected chi connectivity index (χ1v) is 33.4. The quantitative estimate of drug-likeness (QED) is 0.0261. The largest absolute Gasteiger partial charge is 0.462 e. The SMILES string of the molecule is CC/C=C\C/C=C\C/C=C\C/C=C\C/C=C\C/C=C\CCCCCCCCCCCCC(=O)OCC(COC(=O)CCCCCCC/C=C\CCCCCCC)OC(=O)CCCCCCCCC/C=C\C/C=C\CCCCCC. The number of rotatable bonds is 60. The van der Waals surface area contributed by atoms with Crippen molar-refractivity contribution in [1.29, 1.82) is 0 Å². The molecule has 0 aromatic carbocycles. The molecule has 0 saturated carbocycles. The molecule has 0 fully saturated rings. The third kappa shape index (κ3) is 64.8. The Labute approximate surface area is 489 Å². The summed E-state index contributed by atoms with van der Waals surface area (Å²) in [7, 11) is 0. The Bertz CT molecular complexity index is 1590. The zero-order chi connectivity index (χ0) is 57.1. The Morgan fingerprint density at radius 1 is 0.266 bits per heavy atom. The number of carbonyl (C=O) groups is 3. The number of hydrogen-bond donors (Lipinski definition) is 0. The lowest BCUT2D eigenvalue weighted by molar-refractivity contribution is -0.167. The first-order valence-electron chi connectivity index (χ1n) is 33.4. The monoisotopic (exact) mass is 1100 g/mol. The lowest BCUT2D eigenvalue weighted by atomic mass is 10.1. The van der Waals surface area contributed by atoms with E-state index in [1.54, 1.807) is 0 Å². The summed E-state index contributed by atoms with van der Waals surface area (Å²) in [6.07, 6.45) is 90.9. The summed E-state index contributed by atoms with van der Waals surface area (Å²) in [4.78, 5) is 38.4. The van der Waals surface area contributed by atoms with Gasteiger partial charge in [-0.1, -0.05) is 278 Å². The maximum absolute atomic E-state index is 12.9. The number of allylic oxidation sites excluding steroid dienone is 18. The summed E-state index contributed by atoms with van der Waals surface area (Å²) < 4.78 is 16.9. The fraction of sp³-hybridized carbons (Fsp3) is 0.712. The van der Waals surface area contributed by atoms with E-state index in [2.05, 4.69) is 130 Å². The molecule has 0 saturated heterocycles. The molecule has 0 aliphatic heterocycles. The minimum Gasteiger partial charge on any atom is -0.462 e. The third-order valence-electron chi connectivity index (χ3n) is 14.2. The Hall–Kier alpha value is -3.93. The van der Waals surface area contributed by atoms with Gasteiger partial charge in [0, 0.05) is 19.3 Å². The Morgan fingerprint density at radius 3 is 0.797 bits per heavy atom. The lowest BCUT2D eigenvalue weighted by Crippen LogP contribution is -2.30. The number of unbranched alkanes of at least 4 members (excludes halogenated alkanes) is 31. The summed E-state index contributed by atoms with van der Waals surface area (Å²) in [5.41, 5.74) is 0. The van der Waals surface area contributed by atoms with Gasteiger partial charge in [-0.05, 0) is 128 Å². The third-order valence-corrected chi connectivity index (χ3v) is 14.2. The van der Waals surface area contributed by atoms with Crippen LogP contribution in [0.2, 0.25) is 0 Å². The molecule has 0 amide bonds. The molecule has 0 aliphatic rings. The van der Waals surface area contributed by atoms with Gasteiger partial charge in [0.1, 0.15) is 13.2 Å². The number of ether oxygens (including phenoxy) is 3. The second-order valence-electron chi connectivity index (χ2n) is 22.0. The van der Waals surface area contributed by atoms with Crippen LogP contribution in [0.5, 0.6) is 0 Å². The van der Waals surface area contributed by atoms with Crippen LogP contribution in [0.15, 0.2) is 109 Å². The van der Waals surface area contributed by atoms with Gasteiger partial charge in [-0.15, -0.1) is 0 Å². The number of hydrogen-bond acceptors (Lipinski definition) is 6. The van der Waals surface area contributed by atoms with Gasteiger partial charge in [0.2, 0.25) is 0 Å². The van der Waals surface area contributed by atoms with Gasteiger partial charge in [0.05, 0.1) is 0 Å². The van der Waals surface area contributed by atoms with Gasteiger partial charge in [-0.3, -0.25) is 14.4 Å². The molecule has 6 nitrogen and oxygen atoms in total. The van der Waals surface area contributed by atoms with E-state index < -0.39 is 6.10 Å². The molecular formula is C73H124O6. The molecule has 0 radical (unpaired) electrons.